The van der Waals surface area contributed by atoms with Gasteiger partial charge in [0.2, 0.25) is 0 Å². The lowest BCUT2D eigenvalue weighted by molar-refractivity contribution is 0.475. The molecule has 1 aromatic rings. The van der Waals surface area contributed by atoms with Crippen LogP contribution in [0.4, 0.5) is 5.69 Å². The first-order valence-electron chi connectivity index (χ1n) is 6.05. The first kappa shape index (κ1) is 11.1. The summed E-state index contributed by atoms with van der Waals surface area (Å²) in [5.74, 6) is 0.321. The van der Waals surface area contributed by atoms with E-state index in [0.29, 0.717) is 5.75 Å². The summed E-state index contributed by atoms with van der Waals surface area (Å²) in [5, 5.41) is 12.6. The van der Waals surface area contributed by atoms with Gasteiger partial charge in [0.1, 0.15) is 5.75 Å². The van der Waals surface area contributed by atoms with Gasteiger partial charge < -0.3 is 10.4 Å². The van der Waals surface area contributed by atoms with Crippen molar-refractivity contribution in [3.8, 4) is 5.75 Å². The average Bonchev–Trinajstić information content (AvgIpc) is 2.30. The number of phenolic OH excluding ortho intramolecular Hbond substituents is 1. The molecule has 0 atom stereocenters. The Morgan fingerprint density at radius 2 is 2.19 bits per heavy atom. The molecule has 0 saturated heterocycles. The zero-order valence-corrected chi connectivity index (χ0v) is 9.58. The molecule has 0 heterocycles. The average molecular weight is 217 g/mol. The van der Waals surface area contributed by atoms with Gasteiger partial charge in [0, 0.05) is 18.3 Å². The van der Waals surface area contributed by atoms with Crippen molar-refractivity contribution in [1.82, 2.24) is 0 Å². The molecular formula is C14H19NO. The van der Waals surface area contributed by atoms with E-state index < -0.39 is 0 Å². The number of rotatable bonds is 4. The van der Waals surface area contributed by atoms with Crippen molar-refractivity contribution in [3.05, 3.63) is 35.9 Å². The number of hydrogen-bond acceptors (Lipinski definition) is 2. The SMILES string of the molecule is Oc1cccc(NCCC2=CCCCC2)c1. The Kier molecular flexibility index (Phi) is 3.86. The molecule has 1 aliphatic rings. The Bertz CT molecular complexity index is 371. The molecule has 0 unspecified atom stereocenters. The highest BCUT2D eigenvalue weighted by Gasteiger charge is 2.02. The molecule has 1 aliphatic carbocycles. The summed E-state index contributed by atoms with van der Waals surface area (Å²) in [6.07, 6.45) is 8.72. The number of aromatic hydroxyl groups is 1. The molecule has 2 heteroatoms. The van der Waals surface area contributed by atoms with Crippen LogP contribution in [0.5, 0.6) is 5.75 Å². The number of anilines is 1. The van der Waals surface area contributed by atoms with Crippen molar-refractivity contribution < 1.29 is 5.11 Å². The number of benzene rings is 1. The summed E-state index contributed by atoms with van der Waals surface area (Å²) >= 11 is 0. The second-order valence-corrected chi connectivity index (χ2v) is 4.34. The van der Waals surface area contributed by atoms with Gasteiger partial charge in [0.25, 0.3) is 0 Å². The van der Waals surface area contributed by atoms with E-state index in [0.717, 1.165) is 18.7 Å². The third-order valence-electron chi connectivity index (χ3n) is 3.01. The Balaban J connectivity index is 1.77. The molecule has 0 saturated carbocycles. The number of nitrogens with one attached hydrogen (secondary N) is 1. The standard InChI is InChI=1S/C14H19NO/c16-14-8-4-7-13(11-14)15-10-9-12-5-2-1-3-6-12/h4-5,7-8,11,15-16H,1-3,6,9-10H2. The summed E-state index contributed by atoms with van der Waals surface area (Å²) in [5.41, 5.74) is 2.58. The fourth-order valence-corrected chi connectivity index (χ4v) is 2.11. The molecule has 0 bridgehead atoms. The fraction of sp³-hybridized carbons (Fsp3) is 0.429. The number of phenols is 1. The smallest absolute Gasteiger partial charge is 0.117 e. The summed E-state index contributed by atoms with van der Waals surface area (Å²) in [7, 11) is 0. The zero-order valence-electron chi connectivity index (χ0n) is 9.58. The predicted octanol–water partition coefficient (Wildman–Crippen LogP) is 3.69. The minimum atomic E-state index is 0.321. The van der Waals surface area contributed by atoms with Gasteiger partial charge in [0.15, 0.2) is 0 Å². The van der Waals surface area contributed by atoms with E-state index in [2.05, 4.69) is 11.4 Å². The second-order valence-electron chi connectivity index (χ2n) is 4.34. The molecule has 0 aromatic heterocycles. The first-order chi connectivity index (χ1) is 7.84. The maximum atomic E-state index is 9.31. The molecule has 0 spiro atoms. The van der Waals surface area contributed by atoms with Crippen molar-refractivity contribution in [1.29, 1.82) is 0 Å². The highest BCUT2D eigenvalue weighted by molar-refractivity contribution is 5.47. The molecule has 0 radical (unpaired) electrons. The van der Waals surface area contributed by atoms with Gasteiger partial charge in [-0.05, 0) is 44.2 Å². The van der Waals surface area contributed by atoms with Crippen LogP contribution >= 0.6 is 0 Å². The third-order valence-corrected chi connectivity index (χ3v) is 3.01. The normalized spacial score (nSPS) is 15.6. The Morgan fingerprint density at radius 3 is 2.94 bits per heavy atom. The minimum Gasteiger partial charge on any atom is -0.508 e. The van der Waals surface area contributed by atoms with Gasteiger partial charge in [-0.3, -0.25) is 0 Å². The van der Waals surface area contributed by atoms with Crippen LogP contribution in [0.2, 0.25) is 0 Å². The maximum Gasteiger partial charge on any atom is 0.117 e. The summed E-state index contributed by atoms with van der Waals surface area (Å²) in [6, 6.07) is 7.29. The van der Waals surface area contributed by atoms with E-state index in [9.17, 15) is 5.11 Å². The molecule has 2 nitrogen and oxygen atoms in total. The van der Waals surface area contributed by atoms with Crippen LogP contribution < -0.4 is 5.32 Å². The van der Waals surface area contributed by atoms with E-state index in [1.807, 2.05) is 12.1 Å². The third kappa shape index (κ3) is 3.30. The lowest BCUT2D eigenvalue weighted by atomic mass is 9.97. The van der Waals surface area contributed by atoms with Gasteiger partial charge in [-0.15, -0.1) is 0 Å². The predicted molar refractivity (Wildman–Crippen MR) is 67.8 cm³/mol. The first-order valence-corrected chi connectivity index (χ1v) is 6.05. The molecule has 0 amide bonds. The van der Waals surface area contributed by atoms with Crippen LogP contribution in [-0.2, 0) is 0 Å². The Morgan fingerprint density at radius 1 is 1.25 bits per heavy atom. The maximum absolute atomic E-state index is 9.31. The number of allylic oxidation sites excluding steroid dienone is 1. The van der Waals surface area contributed by atoms with Crippen molar-refractivity contribution in [2.75, 3.05) is 11.9 Å². The van der Waals surface area contributed by atoms with Crippen molar-refractivity contribution in [2.45, 2.75) is 32.1 Å². The molecule has 0 aliphatic heterocycles. The van der Waals surface area contributed by atoms with E-state index in [-0.39, 0.29) is 0 Å². The van der Waals surface area contributed by atoms with Gasteiger partial charge >= 0.3 is 0 Å². The molecule has 0 fully saturated rings. The molecule has 2 N–H and O–H groups in total. The molecule has 1 aromatic carbocycles. The quantitative estimate of drug-likeness (QED) is 0.754. The van der Waals surface area contributed by atoms with Crippen molar-refractivity contribution in [3.63, 3.8) is 0 Å². The Hall–Kier alpha value is -1.44. The summed E-state index contributed by atoms with van der Waals surface area (Å²) < 4.78 is 0. The molecule has 86 valence electrons. The molecule has 2 rings (SSSR count). The largest absolute Gasteiger partial charge is 0.508 e. The van der Waals surface area contributed by atoms with Crippen molar-refractivity contribution in [2.24, 2.45) is 0 Å². The summed E-state index contributed by atoms with van der Waals surface area (Å²) in [4.78, 5) is 0. The monoisotopic (exact) mass is 217 g/mol. The van der Waals surface area contributed by atoms with Crippen molar-refractivity contribution >= 4 is 5.69 Å². The van der Waals surface area contributed by atoms with Gasteiger partial charge in [-0.25, -0.2) is 0 Å². The van der Waals surface area contributed by atoms with Crippen LogP contribution in [0.3, 0.4) is 0 Å². The molecule has 16 heavy (non-hydrogen) atoms. The van der Waals surface area contributed by atoms with Crippen LogP contribution in [-0.4, -0.2) is 11.7 Å². The second kappa shape index (κ2) is 5.59. The Labute approximate surface area is 97.0 Å². The zero-order chi connectivity index (χ0) is 11.2. The lowest BCUT2D eigenvalue weighted by Gasteiger charge is -2.13. The lowest BCUT2D eigenvalue weighted by Crippen LogP contribution is -2.04. The van der Waals surface area contributed by atoms with Gasteiger partial charge in [-0.2, -0.15) is 0 Å². The fourth-order valence-electron chi connectivity index (χ4n) is 2.11. The molecular weight excluding hydrogens is 198 g/mol. The van der Waals surface area contributed by atoms with E-state index >= 15 is 0 Å². The van der Waals surface area contributed by atoms with Crippen LogP contribution in [0.1, 0.15) is 32.1 Å². The van der Waals surface area contributed by atoms with Crippen LogP contribution in [0.15, 0.2) is 35.9 Å². The van der Waals surface area contributed by atoms with Gasteiger partial charge in [0.05, 0.1) is 0 Å². The van der Waals surface area contributed by atoms with E-state index in [1.54, 1.807) is 17.7 Å². The number of hydrogen-bond donors (Lipinski definition) is 2. The highest BCUT2D eigenvalue weighted by atomic mass is 16.3. The van der Waals surface area contributed by atoms with E-state index in [4.69, 9.17) is 0 Å². The summed E-state index contributed by atoms with van der Waals surface area (Å²) in [6.45, 7) is 0.954. The van der Waals surface area contributed by atoms with Gasteiger partial charge in [-0.1, -0.05) is 17.7 Å². The topological polar surface area (TPSA) is 32.3 Å². The van der Waals surface area contributed by atoms with Crippen LogP contribution in [0, 0.1) is 0 Å². The highest BCUT2D eigenvalue weighted by Crippen LogP contribution is 2.20. The van der Waals surface area contributed by atoms with E-state index in [1.165, 1.54) is 25.7 Å². The van der Waals surface area contributed by atoms with Crippen LogP contribution in [0.25, 0.3) is 0 Å². The minimum absolute atomic E-state index is 0.321.